The quantitative estimate of drug-likeness (QED) is 0.336. The minimum Gasteiger partial charge on any atom is -0.487 e. The molecule has 33 heavy (non-hydrogen) atoms. The Morgan fingerprint density at radius 3 is 2.33 bits per heavy atom. The maximum atomic E-state index is 5.92. The first-order valence-corrected chi connectivity index (χ1v) is 10.6. The van der Waals surface area contributed by atoms with Crippen LogP contribution in [-0.2, 0) is 6.61 Å². The van der Waals surface area contributed by atoms with Crippen LogP contribution >= 0.6 is 0 Å². The molecule has 0 fully saturated rings. The van der Waals surface area contributed by atoms with Gasteiger partial charge in [-0.3, -0.25) is 0 Å². The summed E-state index contributed by atoms with van der Waals surface area (Å²) in [5, 5.41) is 14.8. The lowest BCUT2D eigenvalue weighted by molar-refractivity contribution is 0.302. The summed E-state index contributed by atoms with van der Waals surface area (Å²) in [6.07, 6.45) is 7.98. The van der Waals surface area contributed by atoms with Gasteiger partial charge in [-0.1, -0.05) is 72.8 Å². The van der Waals surface area contributed by atoms with Crippen molar-refractivity contribution in [2.24, 2.45) is 0 Å². The van der Waals surface area contributed by atoms with Gasteiger partial charge in [-0.2, -0.15) is 0 Å². The summed E-state index contributed by atoms with van der Waals surface area (Å²) >= 11 is 0. The number of tetrazole rings is 1. The number of hydrogen-bond acceptors (Lipinski definition) is 5. The van der Waals surface area contributed by atoms with Gasteiger partial charge in [0.15, 0.2) is 5.82 Å². The number of ether oxygens (including phenoxy) is 1. The molecule has 6 heteroatoms. The molecule has 3 aromatic carbocycles. The first kappa shape index (κ1) is 20.3. The van der Waals surface area contributed by atoms with Gasteiger partial charge in [0, 0.05) is 5.39 Å². The number of fused-ring (bicyclic) bond motifs is 1. The summed E-state index contributed by atoms with van der Waals surface area (Å²) in [7, 11) is 0. The van der Waals surface area contributed by atoms with Crippen LogP contribution in [0.3, 0.4) is 0 Å². The molecule has 5 aromatic rings. The fraction of sp³-hybridized carbons (Fsp3) is 0.0370. The molecule has 0 aliphatic heterocycles. The molecule has 0 aliphatic carbocycles. The Hall–Kier alpha value is -4.58. The van der Waals surface area contributed by atoms with E-state index in [1.165, 1.54) is 0 Å². The number of rotatable bonds is 7. The van der Waals surface area contributed by atoms with Crippen LogP contribution in [0.2, 0.25) is 0 Å². The summed E-state index contributed by atoms with van der Waals surface area (Å²) < 4.78 is 5.92. The molecule has 1 N–H and O–H groups in total. The van der Waals surface area contributed by atoms with Gasteiger partial charge in [-0.25, -0.2) is 10.1 Å². The lowest BCUT2D eigenvalue weighted by Crippen LogP contribution is -1.98. The van der Waals surface area contributed by atoms with E-state index in [4.69, 9.17) is 4.74 Å². The van der Waals surface area contributed by atoms with Crippen LogP contribution in [0.4, 0.5) is 0 Å². The van der Waals surface area contributed by atoms with Crippen LogP contribution in [-0.4, -0.2) is 25.6 Å². The third kappa shape index (κ3) is 5.37. The number of aromatic nitrogens is 5. The van der Waals surface area contributed by atoms with Crippen LogP contribution in [0.1, 0.15) is 28.2 Å². The van der Waals surface area contributed by atoms with E-state index in [0.29, 0.717) is 12.4 Å². The molecule has 0 radical (unpaired) electrons. The van der Waals surface area contributed by atoms with Crippen LogP contribution in [0.15, 0.2) is 84.9 Å². The Morgan fingerprint density at radius 1 is 0.727 bits per heavy atom. The zero-order valence-corrected chi connectivity index (χ0v) is 17.8. The fourth-order valence-electron chi connectivity index (χ4n) is 3.39. The molecule has 0 saturated carbocycles. The zero-order valence-electron chi connectivity index (χ0n) is 17.8. The molecular formula is C27H21N5O. The van der Waals surface area contributed by atoms with Gasteiger partial charge < -0.3 is 4.74 Å². The van der Waals surface area contributed by atoms with E-state index in [9.17, 15) is 0 Å². The van der Waals surface area contributed by atoms with E-state index in [0.717, 1.165) is 39.0 Å². The van der Waals surface area contributed by atoms with E-state index >= 15 is 0 Å². The Balaban J connectivity index is 1.20. The minimum atomic E-state index is 0.435. The molecular weight excluding hydrogens is 410 g/mol. The van der Waals surface area contributed by atoms with E-state index < -0.39 is 0 Å². The summed E-state index contributed by atoms with van der Waals surface area (Å²) in [6, 6.07) is 28.4. The van der Waals surface area contributed by atoms with Crippen molar-refractivity contribution in [3.05, 3.63) is 113 Å². The van der Waals surface area contributed by atoms with Gasteiger partial charge >= 0.3 is 0 Å². The highest BCUT2D eigenvalue weighted by molar-refractivity contribution is 5.78. The predicted octanol–water partition coefficient (Wildman–Crippen LogP) is 5.67. The van der Waals surface area contributed by atoms with Crippen LogP contribution in [0.5, 0.6) is 5.75 Å². The Labute approximate surface area is 191 Å². The number of benzene rings is 3. The maximum absolute atomic E-state index is 5.92. The van der Waals surface area contributed by atoms with E-state index in [-0.39, 0.29) is 0 Å². The number of hydrogen-bond donors (Lipinski definition) is 1. The lowest BCUT2D eigenvalue weighted by Gasteiger charge is -2.07. The first-order valence-electron chi connectivity index (χ1n) is 10.6. The van der Waals surface area contributed by atoms with E-state index in [1.54, 1.807) is 0 Å². The topological polar surface area (TPSA) is 76.6 Å². The second-order valence-electron chi connectivity index (χ2n) is 7.48. The van der Waals surface area contributed by atoms with Crippen molar-refractivity contribution in [1.82, 2.24) is 25.6 Å². The zero-order chi connectivity index (χ0) is 22.3. The maximum Gasteiger partial charge on any atom is 0.172 e. The molecule has 0 aliphatic rings. The number of aromatic amines is 1. The molecule has 0 amide bonds. The molecule has 0 atom stereocenters. The summed E-state index contributed by atoms with van der Waals surface area (Å²) in [6.45, 7) is 0.435. The molecule has 2 aromatic heterocycles. The van der Waals surface area contributed by atoms with Gasteiger partial charge in [0.1, 0.15) is 12.4 Å². The van der Waals surface area contributed by atoms with Crippen molar-refractivity contribution >= 4 is 35.2 Å². The monoisotopic (exact) mass is 431 g/mol. The third-order valence-corrected chi connectivity index (χ3v) is 5.10. The summed E-state index contributed by atoms with van der Waals surface area (Å²) in [5.41, 5.74) is 5.16. The van der Waals surface area contributed by atoms with Gasteiger partial charge in [0.2, 0.25) is 0 Å². The van der Waals surface area contributed by atoms with Gasteiger partial charge in [-0.05, 0) is 63.5 Å². The second-order valence-corrected chi connectivity index (χ2v) is 7.48. The summed E-state index contributed by atoms with van der Waals surface area (Å²) in [4.78, 5) is 4.65. The van der Waals surface area contributed by atoms with Crippen molar-refractivity contribution in [3.63, 3.8) is 0 Å². The van der Waals surface area contributed by atoms with Crippen molar-refractivity contribution in [3.8, 4) is 5.75 Å². The largest absolute Gasteiger partial charge is 0.487 e. The first-order chi connectivity index (χ1) is 16.3. The Kier molecular flexibility index (Phi) is 5.98. The Bertz CT molecular complexity index is 1410. The SMILES string of the molecule is C(=C\c1cccc(/C=C/c2nnn[nH]2)c1)/c1ccc(OCc2ccc3ccccc3n2)cc1. The highest BCUT2D eigenvalue weighted by Gasteiger charge is 2.00. The average molecular weight is 431 g/mol. The number of nitrogens with zero attached hydrogens (tertiary/aromatic N) is 4. The van der Waals surface area contributed by atoms with Gasteiger partial charge in [0.05, 0.1) is 11.2 Å². The van der Waals surface area contributed by atoms with Gasteiger partial charge in [-0.15, -0.1) is 5.10 Å². The molecule has 0 unspecified atom stereocenters. The van der Waals surface area contributed by atoms with Crippen LogP contribution in [0.25, 0.3) is 35.2 Å². The molecule has 0 bridgehead atoms. The second kappa shape index (κ2) is 9.70. The van der Waals surface area contributed by atoms with Crippen molar-refractivity contribution in [2.45, 2.75) is 6.61 Å². The number of para-hydroxylation sites is 1. The molecule has 0 spiro atoms. The van der Waals surface area contributed by atoms with Gasteiger partial charge in [0.25, 0.3) is 0 Å². The highest BCUT2D eigenvalue weighted by Crippen LogP contribution is 2.18. The number of nitrogens with one attached hydrogen (secondary N) is 1. The minimum absolute atomic E-state index is 0.435. The summed E-state index contributed by atoms with van der Waals surface area (Å²) in [5.74, 6) is 1.44. The van der Waals surface area contributed by atoms with Crippen LogP contribution < -0.4 is 4.74 Å². The fourth-order valence-corrected chi connectivity index (χ4v) is 3.39. The molecule has 6 nitrogen and oxygen atoms in total. The number of H-pyrrole nitrogens is 1. The highest BCUT2D eigenvalue weighted by atomic mass is 16.5. The molecule has 160 valence electrons. The van der Waals surface area contributed by atoms with Crippen LogP contribution in [0, 0.1) is 0 Å². The standard InChI is InChI=1S/C27H21N5O/c1-2-7-26-23(6-1)13-14-24(28-26)19-33-25-15-10-20(11-16-25)8-9-21-4-3-5-22(18-21)12-17-27-29-31-32-30-27/h1-18H,19H2,(H,29,30,31,32)/b9-8+,17-12+. The Morgan fingerprint density at radius 2 is 1.52 bits per heavy atom. The lowest BCUT2D eigenvalue weighted by atomic mass is 10.1. The van der Waals surface area contributed by atoms with Crippen molar-refractivity contribution in [2.75, 3.05) is 0 Å². The third-order valence-electron chi connectivity index (χ3n) is 5.10. The molecule has 0 saturated heterocycles. The average Bonchev–Trinajstić information content (AvgIpc) is 3.40. The van der Waals surface area contributed by atoms with Crippen molar-refractivity contribution in [1.29, 1.82) is 0 Å². The normalized spacial score (nSPS) is 11.5. The molecule has 2 heterocycles. The predicted molar refractivity (Wildman–Crippen MR) is 131 cm³/mol. The molecule has 5 rings (SSSR count). The van der Waals surface area contributed by atoms with E-state index in [2.05, 4.69) is 62.0 Å². The van der Waals surface area contributed by atoms with E-state index in [1.807, 2.05) is 72.8 Å². The smallest absolute Gasteiger partial charge is 0.172 e. The number of pyridine rings is 1. The van der Waals surface area contributed by atoms with Crippen molar-refractivity contribution < 1.29 is 4.74 Å².